The Hall–Kier alpha value is -2.58. The average Bonchev–Trinajstić information content (AvgIpc) is 2.92. The summed E-state index contributed by atoms with van der Waals surface area (Å²) in [6, 6.07) is 4.55. The molecule has 1 aromatic heterocycles. The maximum Gasteiger partial charge on any atom is 0.573 e. The molecule has 0 N–H and O–H groups in total. The molecule has 0 saturated heterocycles. The molecule has 142 valence electrons. The van der Waals surface area contributed by atoms with Crippen molar-refractivity contribution in [1.82, 2.24) is 9.55 Å². The molecule has 0 amide bonds. The molecule has 0 bridgehead atoms. The molecule has 1 atom stereocenters. The molecular formula is C17H18F4N2O3. The highest BCUT2D eigenvalue weighted by Crippen LogP contribution is 2.28. The van der Waals surface area contributed by atoms with Crippen LogP contribution in [-0.2, 0) is 4.74 Å². The first-order chi connectivity index (χ1) is 12.1. The summed E-state index contributed by atoms with van der Waals surface area (Å²) in [5.74, 6) is -2.24. The maximum absolute atomic E-state index is 14.0. The molecule has 0 spiro atoms. The molecule has 2 aromatic rings. The Bertz CT molecular complexity index is 772. The Kier molecular flexibility index (Phi) is 5.89. The fourth-order valence-electron chi connectivity index (χ4n) is 2.26. The fraction of sp³-hybridized carbons (Fsp3) is 0.412. The Balaban J connectivity index is 2.29. The molecule has 0 saturated carbocycles. The number of hydrogen-bond acceptors (Lipinski definition) is 4. The van der Waals surface area contributed by atoms with Gasteiger partial charge >= 0.3 is 12.3 Å². The molecule has 0 radical (unpaired) electrons. The molecule has 0 aliphatic heterocycles. The number of halogens is 4. The van der Waals surface area contributed by atoms with E-state index in [1.54, 1.807) is 6.92 Å². The van der Waals surface area contributed by atoms with E-state index in [0.717, 1.165) is 12.4 Å². The van der Waals surface area contributed by atoms with Gasteiger partial charge in [0.05, 0.1) is 19.0 Å². The number of hydrogen-bond donors (Lipinski definition) is 0. The van der Waals surface area contributed by atoms with Crippen molar-refractivity contribution in [2.24, 2.45) is 5.92 Å². The summed E-state index contributed by atoms with van der Waals surface area (Å²) in [5, 5.41) is 0. The van der Waals surface area contributed by atoms with Gasteiger partial charge in [-0.1, -0.05) is 26.0 Å². The highest BCUT2D eigenvalue weighted by Gasteiger charge is 2.31. The Morgan fingerprint density at radius 2 is 1.96 bits per heavy atom. The molecule has 1 aromatic carbocycles. The summed E-state index contributed by atoms with van der Waals surface area (Å²) in [6.07, 6.45) is -3.72. The minimum Gasteiger partial charge on any atom is -0.461 e. The van der Waals surface area contributed by atoms with Crippen LogP contribution in [0.3, 0.4) is 0 Å². The van der Waals surface area contributed by atoms with Crippen LogP contribution in [0, 0.1) is 11.9 Å². The lowest BCUT2D eigenvalue weighted by Crippen LogP contribution is -2.19. The number of nitrogens with zero attached hydrogens (tertiary/aromatic N) is 2. The predicted molar refractivity (Wildman–Crippen MR) is 84.2 cm³/mol. The summed E-state index contributed by atoms with van der Waals surface area (Å²) >= 11 is 0. The number of benzene rings is 1. The molecule has 0 aliphatic rings. The van der Waals surface area contributed by atoms with Crippen molar-refractivity contribution >= 4 is 5.97 Å². The van der Waals surface area contributed by atoms with Gasteiger partial charge in [0, 0.05) is 0 Å². The third-order valence-corrected chi connectivity index (χ3v) is 3.48. The third kappa shape index (κ3) is 4.96. The number of carbonyl (C=O) groups is 1. The normalized spacial score (nSPS) is 12.9. The fourth-order valence-corrected chi connectivity index (χ4v) is 2.26. The second kappa shape index (κ2) is 7.76. The van der Waals surface area contributed by atoms with E-state index >= 15 is 0 Å². The van der Waals surface area contributed by atoms with Crippen LogP contribution in [-0.4, -0.2) is 28.5 Å². The first kappa shape index (κ1) is 19.7. The first-order valence-electron chi connectivity index (χ1n) is 7.83. The van der Waals surface area contributed by atoms with Crippen LogP contribution in [0.15, 0.2) is 30.6 Å². The van der Waals surface area contributed by atoms with Crippen LogP contribution in [0.5, 0.6) is 5.75 Å². The molecule has 1 heterocycles. The average molecular weight is 374 g/mol. The molecule has 0 aliphatic carbocycles. The minimum atomic E-state index is -4.82. The zero-order valence-corrected chi connectivity index (χ0v) is 14.4. The van der Waals surface area contributed by atoms with Crippen molar-refractivity contribution < 1.29 is 31.8 Å². The predicted octanol–water partition coefficient (Wildman–Crippen LogP) is 4.34. The lowest BCUT2D eigenvalue weighted by molar-refractivity contribution is -0.274. The van der Waals surface area contributed by atoms with Crippen LogP contribution in [0.4, 0.5) is 17.6 Å². The number of imidazole rings is 1. The monoisotopic (exact) mass is 374 g/mol. The highest BCUT2D eigenvalue weighted by atomic mass is 19.4. The zero-order valence-electron chi connectivity index (χ0n) is 14.4. The van der Waals surface area contributed by atoms with E-state index in [9.17, 15) is 22.4 Å². The summed E-state index contributed by atoms with van der Waals surface area (Å²) < 4.78 is 61.2. The largest absolute Gasteiger partial charge is 0.573 e. The van der Waals surface area contributed by atoms with Crippen LogP contribution >= 0.6 is 0 Å². The van der Waals surface area contributed by atoms with Crippen molar-refractivity contribution in [3.63, 3.8) is 0 Å². The van der Waals surface area contributed by atoms with E-state index < -0.39 is 30.1 Å². The van der Waals surface area contributed by atoms with Gasteiger partial charge in [-0.3, -0.25) is 0 Å². The number of esters is 1. The molecule has 2 rings (SSSR count). The minimum absolute atomic E-state index is 0.0620. The van der Waals surface area contributed by atoms with E-state index in [1.807, 2.05) is 13.8 Å². The second-order valence-electron chi connectivity index (χ2n) is 6.08. The van der Waals surface area contributed by atoms with Crippen LogP contribution in [0.2, 0.25) is 0 Å². The molecule has 9 heteroatoms. The van der Waals surface area contributed by atoms with Crippen LogP contribution in [0.25, 0.3) is 0 Å². The van der Waals surface area contributed by atoms with Crippen molar-refractivity contribution in [3.8, 4) is 5.75 Å². The first-order valence-corrected chi connectivity index (χ1v) is 7.83. The van der Waals surface area contributed by atoms with Gasteiger partial charge in [0.25, 0.3) is 0 Å². The van der Waals surface area contributed by atoms with E-state index in [4.69, 9.17) is 4.74 Å². The number of carbonyl (C=O) groups excluding carboxylic acids is 1. The lowest BCUT2D eigenvalue weighted by Gasteiger charge is -2.18. The quantitative estimate of drug-likeness (QED) is 0.557. The van der Waals surface area contributed by atoms with E-state index in [2.05, 4.69) is 9.72 Å². The van der Waals surface area contributed by atoms with Gasteiger partial charge in [-0.2, -0.15) is 4.39 Å². The molecule has 1 unspecified atom stereocenters. The van der Waals surface area contributed by atoms with E-state index in [-0.39, 0.29) is 18.2 Å². The van der Waals surface area contributed by atoms with Gasteiger partial charge in [0.2, 0.25) is 5.95 Å². The molecular weight excluding hydrogens is 356 g/mol. The van der Waals surface area contributed by atoms with Crippen molar-refractivity contribution in [2.45, 2.75) is 33.2 Å². The number of aromatic nitrogens is 2. The van der Waals surface area contributed by atoms with Gasteiger partial charge in [-0.05, 0) is 30.5 Å². The lowest BCUT2D eigenvalue weighted by atomic mass is 10.1. The summed E-state index contributed by atoms with van der Waals surface area (Å²) in [5.41, 5.74) is -0.0117. The van der Waals surface area contributed by atoms with Gasteiger partial charge < -0.3 is 14.0 Å². The topological polar surface area (TPSA) is 53.3 Å². The highest BCUT2D eigenvalue weighted by molar-refractivity contribution is 5.87. The molecule has 0 fully saturated rings. The second-order valence-corrected chi connectivity index (χ2v) is 6.08. The maximum atomic E-state index is 14.0. The standard InChI is InChI=1S/C17H18F4N2O3/c1-10(2)8-25-16(24)14-15(18)22-9-23(14)11(3)12-5-4-6-13(7-12)26-17(19,20)21/h4-7,9-11H,8H2,1-3H3. The smallest absolute Gasteiger partial charge is 0.461 e. The Labute approximate surface area is 147 Å². The molecule has 5 nitrogen and oxygen atoms in total. The van der Waals surface area contributed by atoms with Crippen molar-refractivity contribution in [1.29, 1.82) is 0 Å². The van der Waals surface area contributed by atoms with Gasteiger partial charge in [-0.15, -0.1) is 13.2 Å². The van der Waals surface area contributed by atoms with Crippen LogP contribution < -0.4 is 4.74 Å². The van der Waals surface area contributed by atoms with Crippen molar-refractivity contribution in [2.75, 3.05) is 6.61 Å². The summed E-state index contributed by atoms with van der Waals surface area (Å²) in [4.78, 5) is 15.6. The van der Waals surface area contributed by atoms with E-state index in [0.29, 0.717) is 5.56 Å². The number of ether oxygens (including phenoxy) is 2. The zero-order chi connectivity index (χ0) is 19.5. The third-order valence-electron chi connectivity index (χ3n) is 3.48. The summed E-state index contributed by atoms with van der Waals surface area (Å²) in [7, 11) is 0. The van der Waals surface area contributed by atoms with Crippen LogP contribution in [0.1, 0.15) is 42.9 Å². The van der Waals surface area contributed by atoms with Gasteiger partial charge in [0.1, 0.15) is 5.75 Å². The Morgan fingerprint density at radius 1 is 1.27 bits per heavy atom. The number of alkyl halides is 3. The van der Waals surface area contributed by atoms with E-state index in [1.165, 1.54) is 22.8 Å². The summed E-state index contributed by atoms with van der Waals surface area (Å²) in [6.45, 7) is 5.35. The SMILES string of the molecule is CC(C)COC(=O)c1c(F)ncn1C(C)c1cccc(OC(F)(F)F)c1. The number of rotatable bonds is 6. The van der Waals surface area contributed by atoms with Gasteiger partial charge in [0.15, 0.2) is 5.69 Å². The molecule has 26 heavy (non-hydrogen) atoms. The Morgan fingerprint density at radius 3 is 2.58 bits per heavy atom. The van der Waals surface area contributed by atoms with Crippen molar-refractivity contribution in [3.05, 3.63) is 47.8 Å². The van der Waals surface area contributed by atoms with Gasteiger partial charge in [-0.25, -0.2) is 9.78 Å².